The molecular formula is C26H31N3O2. The zero-order valence-electron chi connectivity index (χ0n) is 18.3. The number of aryl methyl sites for hydroxylation is 1. The summed E-state index contributed by atoms with van der Waals surface area (Å²) >= 11 is 0. The third kappa shape index (κ3) is 4.32. The van der Waals surface area contributed by atoms with Crippen molar-refractivity contribution in [2.45, 2.75) is 45.4 Å². The van der Waals surface area contributed by atoms with E-state index in [1.54, 1.807) is 0 Å². The summed E-state index contributed by atoms with van der Waals surface area (Å²) in [6.07, 6.45) is 6.70. The molecule has 3 aliphatic rings. The van der Waals surface area contributed by atoms with E-state index in [4.69, 9.17) is 9.73 Å². The molecule has 2 aromatic carbocycles. The summed E-state index contributed by atoms with van der Waals surface area (Å²) in [4.78, 5) is 22.4. The van der Waals surface area contributed by atoms with Crippen molar-refractivity contribution in [1.82, 2.24) is 9.80 Å². The van der Waals surface area contributed by atoms with E-state index in [0.717, 1.165) is 67.6 Å². The minimum atomic E-state index is 0.335. The minimum absolute atomic E-state index is 0.335. The molecule has 1 amide bonds. The Kier molecular flexibility index (Phi) is 5.66. The van der Waals surface area contributed by atoms with Crippen LogP contribution in [-0.4, -0.2) is 47.7 Å². The third-order valence-electron chi connectivity index (χ3n) is 6.77. The first-order valence-electron chi connectivity index (χ1n) is 11.7. The third-order valence-corrected chi connectivity index (χ3v) is 6.77. The molecule has 162 valence electrons. The molecule has 5 heteroatoms. The van der Waals surface area contributed by atoms with E-state index in [2.05, 4.69) is 28.9 Å². The number of rotatable bonds is 2. The van der Waals surface area contributed by atoms with E-state index in [1.165, 1.54) is 31.2 Å². The van der Waals surface area contributed by atoms with Gasteiger partial charge in [-0.15, -0.1) is 0 Å². The Morgan fingerprint density at radius 1 is 1.00 bits per heavy atom. The van der Waals surface area contributed by atoms with Crippen LogP contribution in [0.3, 0.4) is 0 Å². The lowest BCUT2D eigenvalue weighted by Gasteiger charge is -2.26. The molecule has 1 saturated heterocycles. The second-order valence-electron chi connectivity index (χ2n) is 9.08. The Morgan fingerprint density at radius 3 is 2.71 bits per heavy atom. The molecule has 0 spiro atoms. The summed E-state index contributed by atoms with van der Waals surface area (Å²) < 4.78 is 6.24. The van der Waals surface area contributed by atoms with Crippen molar-refractivity contribution in [1.29, 1.82) is 0 Å². The predicted molar refractivity (Wildman–Crippen MR) is 123 cm³/mol. The van der Waals surface area contributed by atoms with E-state index in [9.17, 15) is 4.79 Å². The minimum Gasteiger partial charge on any atom is -0.454 e. The summed E-state index contributed by atoms with van der Waals surface area (Å²) in [5.41, 5.74) is 3.07. The highest BCUT2D eigenvalue weighted by Gasteiger charge is 2.27. The topological polar surface area (TPSA) is 45.1 Å². The van der Waals surface area contributed by atoms with E-state index >= 15 is 0 Å². The SMILES string of the molecule is Cc1ccc2c(c1)C(N1CCCN(C(=O)CC3CCCC3)CC1)=Nc1ccccc1O2. The van der Waals surface area contributed by atoms with Gasteiger partial charge < -0.3 is 14.5 Å². The highest BCUT2D eigenvalue weighted by Crippen LogP contribution is 2.38. The molecule has 0 atom stereocenters. The lowest BCUT2D eigenvalue weighted by atomic mass is 10.0. The smallest absolute Gasteiger partial charge is 0.222 e. The van der Waals surface area contributed by atoms with Crippen LogP contribution in [0.15, 0.2) is 47.5 Å². The molecule has 0 bridgehead atoms. The molecule has 0 unspecified atom stereocenters. The van der Waals surface area contributed by atoms with Crippen molar-refractivity contribution in [2.24, 2.45) is 10.9 Å². The van der Waals surface area contributed by atoms with Gasteiger partial charge in [0.15, 0.2) is 5.75 Å². The largest absolute Gasteiger partial charge is 0.454 e. The zero-order valence-corrected chi connectivity index (χ0v) is 18.3. The summed E-state index contributed by atoms with van der Waals surface area (Å²) in [6.45, 7) is 5.38. The van der Waals surface area contributed by atoms with Crippen molar-refractivity contribution < 1.29 is 9.53 Å². The Morgan fingerprint density at radius 2 is 1.84 bits per heavy atom. The maximum atomic E-state index is 12.9. The quantitative estimate of drug-likeness (QED) is 0.667. The predicted octanol–water partition coefficient (Wildman–Crippen LogP) is 5.29. The first-order valence-corrected chi connectivity index (χ1v) is 11.7. The van der Waals surface area contributed by atoms with Crippen LogP contribution < -0.4 is 4.74 Å². The van der Waals surface area contributed by atoms with E-state index in [1.807, 2.05) is 30.3 Å². The number of carbonyl (C=O) groups excluding carboxylic acids is 1. The number of aliphatic imine (C=N–C) groups is 1. The molecule has 2 aromatic rings. The fraction of sp³-hybridized carbons (Fsp3) is 0.462. The van der Waals surface area contributed by atoms with Crippen LogP contribution in [0.2, 0.25) is 0 Å². The summed E-state index contributed by atoms with van der Waals surface area (Å²) in [7, 11) is 0. The molecule has 2 fully saturated rings. The van der Waals surface area contributed by atoms with Crippen molar-refractivity contribution in [2.75, 3.05) is 26.2 Å². The molecule has 1 saturated carbocycles. The molecule has 31 heavy (non-hydrogen) atoms. The number of nitrogens with zero attached hydrogens (tertiary/aromatic N) is 3. The number of para-hydroxylation sites is 2. The van der Waals surface area contributed by atoms with Crippen molar-refractivity contribution in [3.05, 3.63) is 53.6 Å². The molecule has 5 nitrogen and oxygen atoms in total. The molecule has 0 N–H and O–H groups in total. The number of carbonyl (C=O) groups is 1. The van der Waals surface area contributed by atoms with Crippen LogP contribution in [0.5, 0.6) is 11.5 Å². The molecule has 5 rings (SSSR count). The van der Waals surface area contributed by atoms with Gasteiger partial charge in [-0.1, -0.05) is 36.6 Å². The fourth-order valence-corrected chi connectivity index (χ4v) is 5.05. The van der Waals surface area contributed by atoms with Crippen LogP contribution in [0.1, 0.15) is 49.7 Å². The number of amidine groups is 1. The van der Waals surface area contributed by atoms with Gasteiger partial charge >= 0.3 is 0 Å². The highest BCUT2D eigenvalue weighted by molar-refractivity contribution is 6.04. The Labute approximate surface area is 184 Å². The number of ether oxygens (including phenoxy) is 1. The number of fused-ring (bicyclic) bond motifs is 2. The normalized spacial score (nSPS) is 19.1. The van der Waals surface area contributed by atoms with Crippen LogP contribution in [0.25, 0.3) is 0 Å². The van der Waals surface area contributed by atoms with Crippen LogP contribution in [0, 0.1) is 12.8 Å². The highest BCUT2D eigenvalue weighted by atomic mass is 16.5. The van der Waals surface area contributed by atoms with Gasteiger partial charge in [-0.3, -0.25) is 4.79 Å². The van der Waals surface area contributed by atoms with E-state index in [0.29, 0.717) is 11.8 Å². The van der Waals surface area contributed by atoms with Crippen molar-refractivity contribution >= 4 is 17.4 Å². The van der Waals surface area contributed by atoms with Gasteiger partial charge in [-0.25, -0.2) is 4.99 Å². The van der Waals surface area contributed by atoms with Crippen LogP contribution in [0.4, 0.5) is 5.69 Å². The van der Waals surface area contributed by atoms with Gasteiger partial charge in [-0.2, -0.15) is 0 Å². The molecule has 0 aromatic heterocycles. The van der Waals surface area contributed by atoms with Crippen LogP contribution in [-0.2, 0) is 4.79 Å². The molecule has 2 aliphatic heterocycles. The average molecular weight is 418 g/mol. The first-order chi connectivity index (χ1) is 15.2. The lowest BCUT2D eigenvalue weighted by Crippen LogP contribution is -2.38. The molecule has 2 heterocycles. The first kappa shape index (κ1) is 20.1. The maximum Gasteiger partial charge on any atom is 0.222 e. The standard InChI is InChI=1S/C26H31N3O2/c1-19-11-12-23-21(17-19)26(27-22-9-4-5-10-24(22)31-23)29-14-6-13-28(15-16-29)25(30)18-20-7-2-3-8-20/h4-5,9-12,17,20H,2-3,6-8,13-16,18H2,1H3. The van der Waals surface area contributed by atoms with Gasteiger partial charge in [-0.05, 0) is 56.4 Å². The molecular weight excluding hydrogens is 386 g/mol. The number of hydrogen-bond donors (Lipinski definition) is 0. The number of hydrogen-bond acceptors (Lipinski definition) is 4. The Balaban J connectivity index is 1.39. The van der Waals surface area contributed by atoms with Gasteiger partial charge in [0, 0.05) is 32.6 Å². The fourth-order valence-electron chi connectivity index (χ4n) is 5.05. The number of benzene rings is 2. The van der Waals surface area contributed by atoms with Gasteiger partial charge in [0.25, 0.3) is 0 Å². The maximum absolute atomic E-state index is 12.9. The zero-order chi connectivity index (χ0) is 21.2. The second kappa shape index (κ2) is 8.74. The average Bonchev–Trinajstić information content (AvgIpc) is 3.07. The second-order valence-corrected chi connectivity index (χ2v) is 9.08. The van der Waals surface area contributed by atoms with Gasteiger partial charge in [0.2, 0.25) is 5.91 Å². The van der Waals surface area contributed by atoms with Gasteiger partial charge in [0.05, 0.1) is 5.56 Å². The van der Waals surface area contributed by atoms with Crippen LogP contribution >= 0.6 is 0 Å². The molecule has 0 radical (unpaired) electrons. The van der Waals surface area contributed by atoms with Gasteiger partial charge in [0.1, 0.15) is 17.3 Å². The molecule has 1 aliphatic carbocycles. The summed E-state index contributed by atoms with van der Waals surface area (Å²) in [5.74, 6) is 3.51. The lowest BCUT2D eigenvalue weighted by molar-refractivity contribution is -0.132. The Hall–Kier alpha value is -2.82. The number of amides is 1. The van der Waals surface area contributed by atoms with Crippen molar-refractivity contribution in [3.8, 4) is 11.5 Å². The summed E-state index contributed by atoms with van der Waals surface area (Å²) in [5, 5.41) is 0. The monoisotopic (exact) mass is 417 g/mol. The van der Waals surface area contributed by atoms with E-state index in [-0.39, 0.29) is 0 Å². The van der Waals surface area contributed by atoms with Crippen molar-refractivity contribution in [3.63, 3.8) is 0 Å². The Bertz CT molecular complexity index is 994. The van der Waals surface area contributed by atoms with E-state index < -0.39 is 0 Å². The summed E-state index contributed by atoms with van der Waals surface area (Å²) in [6, 6.07) is 14.2.